The van der Waals surface area contributed by atoms with Crippen LogP contribution in [0.5, 0.6) is 0 Å². The molecule has 0 aliphatic heterocycles. The fourth-order valence-corrected chi connectivity index (χ4v) is 1.72. The van der Waals surface area contributed by atoms with Crippen molar-refractivity contribution in [3.05, 3.63) is 35.4 Å². The van der Waals surface area contributed by atoms with Crippen molar-refractivity contribution in [1.82, 2.24) is 0 Å². The molecule has 2 nitrogen and oxygen atoms in total. The van der Waals surface area contributed by atoms with Gasteiger partial charge in [-0.2, -0.15) is 0 Å². The second-order valence-electron chi connectivity index (χ2n) is 4.18. The zero-order chi connectivity index (χ0) is 12.3. The Bertz CT molecular complexity index is 333. The van der Waals surface area contributed by atoms with Crippen LogP contribution in [0.1, 0.15) is 50.7 Å². The Morgan fingerprint density at radius 3 is 2.71 bits per heavy atom. The van der Waals surface area contributed by atoms with Gasteiger partial charge in [-0.1, -0.05) is 56.1 Å². The molecule has 0 aromatic heterocycles. The van der Waals surface area contributed by atoms with E-state index in [0.717, 1.165) is 25.0 Å². The first-order valence-corrected chi connectivity index (χ1v) is 6.61. The first-order chi connectivity index (χ1) is 8.38. The lowest BCUT2D eigenvalue weighted by Gasteiger charge is -2.02. The molecule has 0 saturated heterocycles. The molecule has 0 unspecified atom stereocenters. The molecular formula is C15H23NO. The molecule has 1 aromatic carbocycles. The molecule has 0 spiro atoms. The highest BCUT2D eigenvalue weighted by Gasteiger charge is 1.95. The maximum Gasteiger partial charge on any atom is 0.117 e. The van der Waals surface area contributed by atoms with Crippen molar-refractivity contribution in [2.75, 3.05) is 6.61 Å². The first kappa shape index (κ1) is 13.8. The lowest BCUT2D eigenvalue weighted by Crippen LogP contribution is -1.93. The van der Waals surface area contributed by atoms with E-state index < -0.39 is 0 Å². The Morgan fingerprint density at radius 2 is 1.94 bits per heavy atom. The number of unbranched alkanes of at least 4 members (excludes halogenated alkanes) is 3. The largest absolute Gasteiger partial charge is 0.396 e. The SMILES string of the molecule is CCCCCCON=Cc1ccccc1CC. The van der Waals surface area contributed by atoms with E-state index in [4.69, 9.17) is 4.84 Å². The Balaban J connectivity index is 2.28. The summed E-state index contributed by atoms with van der Waals surface area (Å²) in [4.78, 5) is 5.25. The van der Waals surface area contributed by atoms with Gasteiger partial charge in [0.15, 0.2) is 0 Å². The third kappa shape index (κ3) is 5.53. The van der Waals surface area contributed by atoms with E-state index in [0.29, 0.717) is 0 Å². The fourth-order valence-electron chi connectivity index (χ4n) is 1.72. The van der Waals surface area contributed by atoms with E-state index in [9.17, 15) is 0 Å². The minimum Gasteiger partial charge on any atom is -0.396 e. The minimum absolute atomic E-state index is 0.727. The number of benzene rings is 1. The molecule has 0 fully saturated rings. The van der Waals surface area contributed by atoms with E-state index >= 15 is 0 Å². The smallest absolute Gasteiger partial charge is 0.117 e. The molecule has 0 bridgehead atoms. The van der Waals surface area contributed by atoms with Gasteiger partial charge < -0.3 is 4.84 Å². The number of nitrogens with zero attached hydrogens (tertiary/aromatic N) is 1. The predicted molar refractivity (Wildman–Crippen MR) is 73.5 cm³/mol. The number of aryl methyl sites for hydroxylation is 1. The molecule has 17 heavy (non-hydrogen) atoms. The van der Waals surface area contributed by atoms with E-state index in [1.54, 1.807) is 0 Å². The van der Waals surface area contributed by atoms with Crippen molar-refractivity contribution in [3.63, 3.8) is 0 Å². The van der Waals surface area contributed by atoms with Gasteiger partial charge in [0, 0.05) is 0 Å². The van der Waals surface area contributed by atoms with Crippen LogP contribution in [0.3, 0.4) is 0 Å². The molecule has 1 rings (SSSR count). The van der Waals surface area contributed by atoms with Gasteiger partial charge in [-0.25, -0.2) is 0 Å². The molecule has 94 valence electrons. The second-order valence-corrected chi connectivity index (χ2v) is 4.18. The lowest BCUT2D eigenvalue weighted by atomic mass is 10.1. The Morgan fingerprint density at radius 1 is 1.12 bits per heavy atom. The topological polar surface area (TPSA) is 21.6 Å². The van der Waals surface area contributed by atoms with Gasteiger partial charge in [-0.05, 0) is 30.4 Å². The molecule has 2 heteroatoms. The van der Waals surface area contributed by atoms with E-state index in [2.05, 4.69) is 37.2 Å². The van der Waals surface area contributed by atoms with E-state index in [1.807, 2.05) is 12.3 Å². The Labute approximate surface area is 105 Å². The van der Waals surface area contributed by atoms with Gasteiger partial charge in [0.25, 0.3) is 0 Å². The standard InChI is InChI=1S/C15H23NO/c1-3-5-6-9-12-17-16-13-15-11-8-7-10-14(15)4-2/h7-8,10-11,13H,3-6,9,12H2,1-2H3. The number of hydrogen-bond acceptors (Lipinski definition) is 2. The average Bonchev–Trinajstić information content (AvgIpc) is 2.38. The summed E-state index contributed by atoms with van der Waals surface area (Å²) in [5.74, 6) is 0. The van der Waals surface area contributed by atoms with Crippen LogP contribution in [0.2, 0.25) is 0 Å². The van der Waals surface area contributed by atoms with Crippen LogP contribution in [0.25, 0.3) is 0 Å². The third-order valence-corrected chi connectivity index (χ3v) is 2.79. The van der Waals surface area contributed by atoms with Gasteiger partial charge in [-0.3, -0.25) is 0 Å². The normalized spacial score (nSPS) is 10.9. The summed E-state index contributed by atoms with van der Waals surface area (Å²) in [6.45, 7) is 5.09. The van der Waals surface area contributed by atoms with E-state index in [1.165, 1.54) is 24.8 Å². The van der Waals surface area contributed by atoms with Crippen molar-refractivity contribution in [3.8, 4) is 0 Å². The Hall–Kier alpha value is -1.31. The maximum atomic E-state index is 5.25. The quantitative estimate of drug-likeness (QED) is 0.375. The van der Waals surface area contributed by atoms with Crippen LogP contribution < -0.4 is 0 Å². The maximum absolute atomic E-state index is 5.25. The molecule has 0 heterocycles. The molecule has 0 amide bonds. The van der Waals surface area contributed by atoms with E-state index in [-0.39, 0.29) is 0 Å². The number of rotatable bonds is 8. The summed E-state index contributed by atoms with van der Waals surface area (Å²) in [7, 11) is 0. The van der Waals surface area contributed by atoms with Gasteiger partial charge in [0.05, 0.1) is 6.21 Å². The second kappa shape index (κ2) is 8.80. The van der Waals surface area contributed by atoms with Gasteiger partial charge >= 0.3 is 0 Å². The molecule has 0 atom stereocenters. The molecule has 0 radical (unpaired) electrons. The lowest BCUT2D eigenvalue weighted by molar-refractivity contribution is 0.141. The number of hydrogen-bond donors (Lipinski definition) is 0. The van der Waals surface area contributed by atoms with Gasteiger partial charge in [0.2, 0.25) is 0 Å². The number of oxime groups is 1. The highest BCUT2D eigenvalue weighted by Crippen LogP contribution is 2.06. The first-order valence-electron chi connectivity index (χ1n) is 6.61. The Kier molecular flexibility index (Phi) is 7.12. The summed E-state index contributed by atoms with van der Waals surface area (Å²) in [5, 5.41) is 4.02. The van der Waals surface area contributed by atoms with Crippen molar-refractivity contribution in [2.45, 2.75) is 46.0 Å². The zero-order valence-electron chi connectivity index (χ0n) is 11.0. The summed E-state index contributed by atoms with van der Waals surface area (Å²) < 4.78 is 0. The molecule has 0 saturated carbocycles. The minimum atomic E-state index is 0.727. The van der Waals surface area contributed by atoms with Crippen LogP contribution in [-0.2, 0) is 11.3 Å². The summed E-state index contributed by atoms with van der Waals surface area (Å²) in [5.41, 5.74) is 2.47. The van der Waals surface area contributed by atoms with Crippen LogP contribution in [0.4, 0.5) is 0 Å². The molecule has 0 N–H and O–H groups in total. The highest BCUT2D eigenvalue weighted by atomic mass is 16.6. The molecule has 1 aromatic rings. The van der Waals surface area contributed by atoms with Crippen LogP contribution >= 0.6 is 0 Å². The van der Waals surface area contributed by atoms with Crippen LogP contribution in [0, 0.1) is 0 Å². The fraction of sp³-hybridized carbons (Fsp3) is 0.533. The predicted octanol–water partition coefficient (Wildman–Crippen LogP) is 4.18. The summed E-state index contributed by atoms with van der Waals surface area (Å²) >= 11 is 0. The van der Waals surface area contributed by atoms with Gasteiger partial charge in [-0.15, -0.1) is 0 Å². The van der Waals surface area contributed by atoms with Crippen LogP contribution in [0.15, 0.2) is 29.4 Å². The molecular weight excluding hydrogens is 210 g/mol. The molecule has 0 aliphatic rings. The summed E-state index contributed by atoms with van der Waals surface area (Å²) in [6, 6.07) is 8.29. The average molecular weight is 233 g/mol. The van der Waals surface area contributed by atoms with Crippen molar-refractivity contribution in [1.29, 1.82) is 0 Å². The van der Waals surface area contributed by atoms with Gasteiger partial charge in [0.1, 0.15) is 6.61 Å². The molecule has 0 aliphatic carbocycles. The van der Waals surface area contributed by atoms with Crippen molar-refractivity contribution >= 4 is 6.21 Å². The highest BCUT2D eigenvalue weighted by molar-refractivity contribution is 5.81. The monoisotopic (exact) mass is 233 g/mol. The zero-order valence-corrected chi connectivity index (χ0v) is 11.0. The third-order valence-electron chi connectivity index (χ3n) is 2.79. The van der Waals surface area contributed by atoms with Crippen molar-refractivity contribution in [2.24, 2.45) is 5.16 Å². The summed E-state index contributed by atoms with van der Waals surface area (Å²) in [6.07, 6.45) is 7.72. The van der Waals surface area contributed by atoms with Crippen molar-refractivity contribution < 1.29 is 4.84 Å². The van der Waals surface area contributed by atoms with Crippen LogP contribution in [-0.4, -0.2) is 12.8 Å².